The van der Waals surface area contributed by atoms with E-state index in [1.807, 2.05) is 57.2 Å². The minimum absolute atomic E-state index is 0.0923. The Morgan fingerprint density at radius 2 is 1.81 bits per heavy atom. The minimum Gasteiger partial charge on any atom is -0.334 e. The molecule has 1 heterocycles. The predicted octanol–water partition coefficient (Wildman–Crippen LogP) is 3.97. The third kappa shape index (κ3) is 4.26. The number of rotatable bonds is 5. The molecule has 3 rings (SSSR count). The summed E-state index contributed by atoms with van der Waals surface area (Å²) in [5.41, 5.74) is 4.54. The van der Waals surface area contributed by atoms with Crippen molar-refractivity contribution in [3.05, 3.63) is 74.0 Å². The molecule has 27 heavy (non-hydrogen) atoms. The van der Waals surface area contributed by atoms with Crippen molar-refractivity contribution in [3.63, 3.8) is 0 Å². The van der Waals surface area contributed by atoms with Gasteiger partial charge in [-0.25, -0.2) is 0 Å². The first kappa shape index (κ1) is 19.3. The Bertz CT molecular complexity index is 1030. The highest BCUT2D eigenvalue weighted by Gasteiger charge is 2.14. The molecular formula is C19H20ClN5OS. The SMILES string of the molecule is Cc1cc(C)c(Nc2nnc(SCc3ccccc3Cl)n(N)c2=O)c(C)c1. The van der Waals surface area contributed by atoms with E-state index in [2.05, 4.69) is 15.5 Å². The lowest BCUT2D eigenvalue weighted by molar-refractivity contribution is 0.704. The lowest BCUT2D eigenvalue weighted by Gasteiger charge is -2.13. The lowest BCUT2D eigenvalue weighted by Crippen LogP contribution is -2.32. The fourth-order valence-corrected chi connectivity index (χ4v) is 3.95. The Balaban J connectivity index is 1.83. The summed E-state index contributed by atoms with van der Waals surface area (Å²) in [6, 6.07) is 11.6. The molecule has 0 amide bonds. The number of hydrogen-bond donors (Lipinski definition) is 2. The second-order valence-electron chi connectivity index (χ2n) is 6.29. The molecule has 0 radical (unpaired) electrons. The summed E-state index contributed by atoms with van der Waals surface area (Å²) >= 11 is 7.46. The number of benzene rings is 2. The third-order valence-corrected chi connectivity index (χ3v) is 5.46. The number of hydrogen-bond acceptors (Lipinski definition) is 6. The van der Waals surface area contributed by atoms with Crippen molar-refractivity contribution in [3.8, 4) is 0 Å². The van der Waals surface area contributed by atoms with Crippen LogP contribution in [-0.4, -0.2) is 14.9 Å². The van der Waals surface area contributed by atoms with E-state index in [1.54, 1.807) is 0 Å². The molecule has 2 aromatic carbocycles. The molecule has 0 fully saturated rings. The molecule has 0 aliphatic heterocycles. The summed E-state index contributed by atoms with van der Waals surface area (Å²) in [7, 11) is 0. The van der Waals surface area contributed by atoms with Gasteiger partial charge in [0.15, 0.2) is 0 Å². The number of thioether (sulfide) groups is 1. The highest BCUT2D eigenvalue weighted by molar-refractivity contribution is 7.98. The van der Waals surface area contributed by atoms with Crippen LogP contribution in [0.15, 0.2) is 46.3 Å². The van der Waals surface area contributed by atoms with Crippen molar-refractivity contribution < 1.29 is 0 Å². The largest absolute Gasteiger partial charge is 0.334 e. The zero-order valence-corrected chi connectivity index (χ0v) is 16.9. The van der Waals surface area contributed by atoms with Crippen molar-refractivity contribution in [2.45, 2.75) is 31.7 Å². The quantitative estimate of drug-likeness (QED) is 0.497. The maximum atomic E-state index is 12.6. The molecule has 6 nitrogen and oxygen atoms in total. The first-order valence-electron chi connectivity index (χ1n) is 8.32. The average molecular weight is 402 g/mol. The van der Waals surface area contributed by atoms with Gasteiger partial charge in [0.05, 0.1) is 0 Å². The normalized spacial score (nSPS) is 10.8. The van der Waals surface area contributed by atoms with Crippen molar-refractivity contribution in [1.82, 2.24) is 14.9 Å². The number of aryl methyl sites for hydroxylation is 3. The van der Waals surface area contributed by atoms with Crippen molar-refractivity contribution in [2.24, 2.45) is 0 Å². The molecule has 0 unspecified atom stereocenters. The van der Waals surface area contributed by atoms with Gasteiger partial charge in [-0.15, -0.1) is 10.2 Å². The summed E-state index contributed by atoms with van der Waals surface area (Å²) in [5, 5.41) is 12.2. The Morgan fingerprint density at radius 3 is 2.48 bits per heavy atom. The molecule has 3 aromatic rings. The summed E-state index contributed by atoms with van der Waals surface area (Å²) in [6.07, 6.45) is 0. The van der Waals surface area contributed by atoms with Crippen LogP contribution < -0.4 is 16.7 Å². The van der Waals surface area contributed by atoms with Crippen LogP contribution in [0.3, 0.4) is 0 Å². The number of nitrogens with two attached hydrogens (primary N) is 1. The maximum Gasteiger partial charge on any atom is 0.315 e. The highest BCUT2D eigenvalue weighted by Crippen LogP contribution is 2.26. The fourth-order valence-electron chi connectivity index (χ4n) is 2.81. The van der Waals surface area contributed by atoms with Crippen LogP contribution in [0.25, 0.3) is 0 Å². The van der Waals surface area contributed by atoms with E-state index in [1.165, 1.54) is 11.8 Å². The molecule has 0 atom stereocenters. The summed E-state index contributed by atoms with van der Waals surface area (Å²) < 4.78 is 1.01. The van der Waals surface area contributed by atoms with Crippen molar-refractivity contribution in [1.29, 1.82) is 0 Å². The molecule has 0 saturated carbocycles. The zero-order chi connectivity index (χ0) is 19.6. The minimum atomic E-state index is -0.439. The van der Waals surface area contributed by atoms with E-state index in [0.717, 1.165) is 32.6 Å². The monoisotopic (exact) mass is 401 g/mol. The Hall–Kier alpha value is -2.51. The summed E-state index contributed by atoms with van der Waals surface area (Å²) in [5.74, 6) is 6.58. The van der Waals surface area contributed by atoms with Gasteiger partial charge in [0.1, 0.15) is 0 Å². The predicted molar refractivity (Wildman–Crippen MR) is 111 cm³/mol. The lowest BCUT2D eigenvalue weighted by atomic mass is 10.1. The number of anilines is 2. The number of aromatic nitrogens is 3. The number of nitrogen functional groups attached to an aromatic ring is 1. The Labute approximate surface area is 166 Å². The van der Waals surface area contributed by atoms with Crippen LogP contribution >= 0.6 is 23.4 Å². The van der Waals surface area contributed by atoms with Gasteiger partial charge in [-0.2, -0.15) is 4.68 Å². The molecular weight excluding hydrogens is 382 g/mol. The standard InChI is InChI=1S/C19H20ClN5OS/c1-11-8-12(2)16(13(3)9-11)22-17-18(26)25(21)19(24-23-17)27-10-14-6-4-5-7-15(14)20/h4-9H,10,21H2,1-3H3,(H,22,23). The van der Waals surface area contributed by atoms with E-state index in [0.29, 0.717) is 15.9 Å². The van der Waals surface area contributed by atoms with E-state index in [4.69, 9.17) is 17.4 Å². The van der Waals surface area contributed by atoms with Gasteiger partial charge in [0.2, 0.25) is 11.0 Å². The maximum absolute atomic E-state index is 12.6. The summed E-state index contributed by atoms with van der Waals surface area (Å²) in [4.78, 5) is 12.6. The Morgan fingerprint density at radius 1 is 1.15 bits per heavy atom. The molecule has 0 bridgehead atoms. The highest BCUT2D eigenvalue weighted by atomic mass is 35.5. The molecule has 0 aliphatic rings. The van der Waals surface area contributed by atoms with E-state index in [-0.39, 0.29) is 5.82 Å². The molecule has 3 N–H and O–H groups in total. The van der Waals surface area contributed by atoms with Crippen LogP contribution in [0.4, 0.5) is 11.5 Å². The van der Waals surface area contributed by atoms with Crippen LogP contribution in [0, 0.1) is 20.8 Å². The van der Waals surface area contributed by atoms with Crippen molar-refractivity contribution in [2.75, 3.05) is 11.2 Å². The van der Waals surface area contributed by atoms with E-state index in [9.17, 15) is 4.79 Å². The molecule has 0 aliphatic carbocycles. The summed E-state index contributed by atoms with van der Waals surface area (Å²) in [6.45, 7) is 5.98. The molecule has 1 aromatic heterocycles. The van der Waals surface area contributed by atoms with Crippen LogP contribution in [-0.2, 0) is 5.75 Å². The van der Waals surface area contributed by atoms with Gasteiger partial charge in [0.25, 0.3) is 0 Å². The first-order chi connectivity index (χ1) is 12.9. The second-order valence-corrected chi connectivity index (χ2v) is 7.63. The van der Waals surface area contributed by atoms with Crippen LogP contribution in [0.1, 0.15) is 22.3 Å². The van der Waals surface area contributed by atoms with E-state index < -0.39 is 5.56 Å². The van der Waals surface area contributed by atoms with Gasteiger partial charge in [-0.05, 0) is 43.5 Å². The van der Waals surface area contributed by atoms with E-state index >= 15 is 0 Å². The van der Waals surface area contributed by atoms with Gasteiger partial charge in [-0.3, -0.25) is 4.79 Å². The topological polar surface area (TPSA) is 85.8 Å². The third-order valence-electron chi connectivity index (χ3n) is 4.10. The second kappa shape index (κ2) is 8.02. The van der Waals surface area contributed by atoms with Crippen LogP contribution in [0.5, 0.6) is 0 Å². The van der Waals surface area contributed by atoms with Gasteiger partial charge in [0, 0.05) is 16.5 Å². The van der Waals surface area contributed by atoms with Crippen molar-refractivity contribution >= 4 is 34.9 Å². The fraction of sp³-hybridized carbons (Fsp3) is 0.211. The van der Waals surface area contributed by atoms with Gasteiger partial charge >= 0.3 is 5.56 Å². The van der Waals surface area contributed by atoms with Gasteiger partial charge in [-0.1, -0.05) is 59.3 Å². The molecule has 0 spiro atoms. The number of halogens is 1. The van der Waals surface area contributed by atoms with Gasteiger partial charge < -0.3 is 11.2 Å². The number of nitrogens with zero attached hydrogens (tertiary/aromatic N) is 3. The average Bonchev–Trinajstić information content (AvgIpc) is 2.62. The molecule has 140 valence electrons. The first-order valence-corrected chi connectivity index (χ1v) is 9.69. The zero-order valence-electron chi connectivity index (χ0n) is 15.3. The molecule has 0 saturated heterocycles. The molecule has 8 heteroatoms. The smallest absolute Gasteiger partial charge is 0.315 e. The van der Waals surface area contributed by atoms with Crippen LogP contribution in [0.2, 0.25) is 5.02 Å². The Kier molecular flexibility index (Phi) is 5.72. The number of nitrogens with one attached hydrogen (secondary N) is 1.